The maximum atomic E-state index is 10.0. The van der Waals surface area contributed by atoms with Gasteiger partial charge in [-0.3, -0.25) is 4.68 Å². The zero-order chi connectivity index (χ0) is 14.7. The Morgan fingerprint density at radius 1 is 1.05 bits per heavy atom. The summed E-state index contributed by atoms with van der Waals surface area (Å²) in [7, 11) is 1.90. The predicted octanol–water partition coefficient (Wildman–Crippen LogP) is 4.09. The van der Waals surface area contributed by atoms with Gasteiger partial charge in [-0.05, 0) is 24.3 Å². The summed E-state index contributed by atoms with van der Waals surface area (Å²) >= 11 is 1.77. The number of para-hydroxylation sites is 1. The zero-order valence-corrected chi connectivity index (χ0v) is 12.5. The molecule has 0 spiro atoms. The molecule has 0 amide bonds. The summed E-state index contributed by atoms with van der Waals surface area (Å²) in [5.41, 5.74) is 2.74. The Morgan fingerprint density at radius 2 is 1.76 bits per heavy atom. The quantitative estimate of drug-likeness (QED) is 0.737. The van der Waals surface area contributed by atoms with Crippen LogP contribution in [-0.2, 0) is 12.8 Å². The van der Waals surface area contributed by atoms with E-state index in [4.69, 9.17) is 0 Å². The van der Waals surface area contributed by atoms with Crippen LogP contribution in [0.2, 0.25) is 0 Å². The number of aromatic hydroxyl groups is 1. The van der Waals surface area contributed by atoms with Crippen LogP contribution >= 0.6 is 11.8 Å². The molecule has 106 valence electrons. The van der Waals surface area contributed by atoms with Crippen LogP contribution in [0.15, 0.2) is 65.7 Å². The van der Waals surface area contributed by atoms with E-state index in [2.05, 4.69) is 17.2 Å². The third-order valence-electron chi connectivity index (χ3n) is 3.20. The standard InChI is InChI=1S/C17H16N2OS/c1-19-11-13(12-21-14-7-3-2-4-8-14)17(18-19)15-9-5-6-10-16(15)20/h2-11,20H,12H2,1H3. The Hall–Kier alpha value is -2.20. The molecule has 4 heteroatoms. The Morgan fingerprint density at radius 3 is 2.52 bits per heavy atom. The second kappa shape index (κ2) is 6.06. The normalized spacial score (nSPS) is 10.7. The van der Waals surface area contributed by atoms with Crippen LogP contribution in [-0.4, -0.2) is 14.9 Å². The molecule has 0 atom stereocenters. The Labute approximate surface area is 128 Å². The summed E-state index contributed by atoms with van der Waals surface area (Å²) < 4.78 is 1.79. The first-order valence-corrected chi connectivity index (χ1v) is 7.71. The van der Waals surface area contributed by atoms with Gasteiger partial charge in [0, 0.05) is 35.0 Å². The molecule has 0 saturated heterocycles. The fraction of sp³-hybridized carbons (Fsp3) is 0.118. The van der Waals surface area contributed by atoms with Crippen LogP contribution < -0.4 is 0 Å². The third-order valence-corrected chi connectivity index (χ3v) is 4.26. The van der Waals surface area contributed by atoms with Crippen molar-refractivity contribution < 1.29 is 5.11 Å². The summed E-state index contributed by atoms with van der Waals surface area (Å²) in [5.74, 6) is 1.09. The lowest BCUT2D eigenvalue weighted by Crippen LogP contribution is -1.88. The average molecular weight is 296 g/mol. The van der Waals surface area contributed by atoms with E-state index >= 15 is 0 Å². The highest BCUT2D eigenvalue weighted by Crippen LogP contribution is 2.33. The van der Waals surface area contributed by atoms with Crippen LogP contribution in [0.5, 0.6) is 5.75 Å². The van der Waals surface area contributed by atoms with Crippen molar-refractivity contribution in [1.29, 1.82) is 0 Å². The number of rotatable bonds is 4. The minimum absolute atomic E-state index is 0.266. The van der Waals surface area contributed by atoms with Gasteiger partial charge in [0.15, 0.2) is 0 Å². The first-order chi connectivity index (χ1) is 10.2. The minimum Gasteiger partial charge on any atom is -0.507 e. The molecule has 3 aromatic rings. The maximum Gasteiger partial charge on any atom is 0.125 e. The summed E-state index contributed by atoms with van der Waals surface area (Å²) in [4.78, 5) is 1.23. The number of aryl methyl sites for hydroxylation is 1. The Balaban J connectivity index is 1.88. The van der Waals surface area contributed by atoms with Crippen molar-refractivity contribution in [3.05, 3.63) is 66.4 Å². The molecule has 21 heavy (non-hydrogen) atoms. The highest BCUT2D eigenvalue weighted by molar-refractivity contribution is 7.98. The highest BCUT2D eigenvalue weighted by atomic mass is 32.2. The molecule has 2 aromatic carbocycles. The van der Waals surface area contributed by atoms with E-state index in [0.29, 0.717) is 0 Å². The van der Waals surface area contributed by atoms with E-state index < -0.39 is 0 Å². The second-order valence-corrected chi connectivity index (χ2v) is 5.84. The van der Waals surface area contributed by atoms with Crippen molar-refractivity contribution in [3.63, 3.8) is 0 Å². The minimum atomic E-state index is 0.266. The van der Waals surface area contributed by atoms with Crippen LogP contribution in [0, 0.1) is 0 Å². The first-order valence-electron chi connectivity index (χ1n) is 6.73. The van der Waals surface area contributed by atoms with E-state index in [1.807, 2.05) is 49.6 Å². The molecule has 1 aromatic heterocycles. The average Bonchev–Trinajstić information content (AvgIpc) is 2.87. The van der Waals surface area contributed by atoms with Crippen LogP contribution in [0.4, 0.5) is 0 Å². The number of aromatic nitrogens is 2. The van der Waals surface area contributed by atoms with Crippen LogP contribution in [0.1, 0.15) is 5.56 Å². The van der Waals surface area contributed by atoms with Gasteiger partial charge in [-0.15, -0.1) is 11.8 Å². The number of phenols is 1. The van der Waals surface area contributed by atoms with Gasteiger partial charge in [0.25, 0.3) is 0 Å². The fourth-order valence-electron chi connectivity index (χ4n) is 2.22. The molecule has 0 unspecified atom stereocenters. The lowest BCUT2D eigenvalue weighted by molar-refractivity contribution is 0.477. The van der Waals surface area contributed by atoms with E-state index in [0.717, 1.165) is 22.6 Å². The molecule has 0 aliphatic rings. The molecule has 3 nitrogen and oxygen atoms in total. The smallest absolute Gasteiger partial charge is 0.125 e. The van der Waals surface area contributed by atoms with E-state index in [9.17, 15) is 5.11 Å². The van der Waals surface area contributed by atoms with Crippen molar-refractivity contribution in [2.45, 2.75) is 10.6 Å². The molecule has 1 heterocycles. The first kappa shape index (κ1) is 13.8. The van der Waals surface area contributed by atoms with E-state index in [1.165, 1.54) is 4.90 Å². The number of hydrogen-bond acceptors (Lipinski definition) is 3. The van der Waals surface area contributed by atoms with Crippen molar-refractivity contribution in [3.8, 4) is 17.0 Å². The molecule has 1 N–H and O–H groups in total. The highest BCUT2D eigenvalue weighted by Gasteiger charge is 2.13. The van der Waals surface area contributed by atoms with Gasteiger partial charge in [-0.1, -0.05) is 30.3 Å². The van der Waals surface area contributed by atoms with Crippen molar-refractivity contribution >= 4 is 11.8 Å². The van der Waals surface area contributed by atoms with Crippen LogP contribution in [0.25, 0.3) is 11.3 Å². The fourth-order valence-corrected chi connectivity index (χ4v) is 3.10. The van der Waals surface area contributed by atoms with Gasteiger partial charge < -0.3 is 5.11 Å². The van der Waals surface area contributed by atoms with E-state index in [-0.39, 0.29) is 5.75 Å². The number of hydrogen-bond donors (Lipinski definition) is 1. The van der Waals surface area contributed by atoms with Crippen molar-refractivity contribution in [2.75, 3.05) is 0 Å². The number of phenolic OH excluding ortho intramolecular Hbond substituents is 1. The molecule has 0 aliphatic carbocycles. The van der Waals surface area contributed by atoms with Gasteiger partial charge in [-0.25, -0.2) is 0 Å². The monoisotopic (exact) mass is 296 g/mol. The maximum absolute atomic E-state index is 10.0. The zero-order valence-electron chi connectivity index (χ0n) is 11.7. The number of benzene rings is 2. The second-order valence-electron chi connectivity index (χ2n) is 4.80. The lowest BCUT2D eigenvalue weighted by Gasteiger charge is -2.04. The van der Waals surface area contributed by atoms with Crippen LogP contribution in [0.3, 0.4) is 0 Å². The number of thioether (sulfide) groups is 1. The predicted molar refractivity (Wildman–Crippen MR) is 86.3 cm³/mol. The van der Waals surface area contributed by atoms with Crippen molar-refractivity contribution in [1.82, 2.24) is 9.78 Å². The van der Waals surface area contributed by atoms with Gasteiger partial charge in [0.1, 0.15) is 11.4 Å². The summed E-state index contributed by atoms with van der Waals surface area (Å²) in [6.45, 7) is 0. The molecule has 0 bridgehead atoms. The van der Waals surface area contributed by atoms with Gasteiger partial charge in [-0.2, -0.15) is 5.10 Å². The Bertz CT molecular complexity index is 738. The summed E-state index contributed by atoms with van der Waals surface area (Å²) in [6.07, 6.45) is 2.01. The largest absolute Gasteiger partial charge is 0.507 e. The molecular weight excluding hydrogens is 280 g/mol. The summed E-state index contributed by atoms with van der Waals surface area (Å²) in [5, 5.41) is 14.5. The molecule has 0 aliphatic heterocycles. The molecule has 0 radical (unpaired) electrons. The topological polar surface area (TPSA) is 38.0 Å². The van der Waals surface area contributed by atoms with Gasteiger partial charge >= 0.3 is 0 Å². The molecule has 0 fully saturated rings. The Kier molecular flexibility index (Phi) is 3.97. The summed E-state index contributed by atoms with van der Waals surface area (Å²) in [6, 6.07) is 17.6. The van der Waals surface area contributed by atoms with Gasteiger partial charge in [0.05, 0.1) is 0 Å². The SMILES string of the molecule is Cn1cc(CSc2ccccc2)c(-c2ccccc2O)n1. The van der Waals surface area contributed by atoms with E-state index in [1.54, 1.807) is 22.5 Å². The third kappa shape index (κ3) is 3.11. The van der Waals surface area contributed by atoms with Crippen molar-refractivity contribution in [2.24, 2.45) is 7.05 Å². The molecule has 3 rings (SSSR count). The van der Waals surface area contributed by atoms with Gasteiger partial charge in [0.2, 0.25) is 0 Å². The molecule has 0 saturated carbocycles. The molecular formula is C17H16N2OS. The number of nitrogens with zero attached hydrogens (tertiary/aromatic N) is 2. The lowest BCUT2D eigenvalue weighted by atomic mass is 10.1.